The van der Waals surface area contributed by atoms with Crippen LogP contribution < -0.4 is 5.19 Å². The van der Waals surface area contributed by atoms with Gasteiger partial charge in [0, 0.05) is 0 Å². The van der Waals surface area contributed by atoms with E-state index in [-0.39, 0.29) is 10.3 Å². The van der Waals surface area contributed by atoms with Crippen molar-refractivity contribution in [3.8, 4) is 0 Å². The average molecular weight is 271 g/mol. The minimum atomic E-state index is -4.14. The van der Waals surface area contributed by atoms with Gasteiger partial charge in [-0.3, -0.25) is 4.55 Å². The van der Waals surface area contributed by atoms with Crippen LogP contribution in [0.15, 0.2) is 23.1 Å². The highest BCUT2D eigenvalue weighted by atomic mass is 32.2. The Hall–Kier alpha value is -0.653. The first-order valence-electron chi connectivity index (χ1n) is 5.46. The van der Waals surface area contributed by atoms with E-state index < -0.39 is 18.9 Å². The molecule has 0 aromatic heterocycles. The second-order valence-electron chi connectivity index (χ2n) is 5.40. The van der Waals surface area contributed by atoms with Gasteiger partial charge in [-0.1, -0.05) is 46.0 Å². The van der Waals surface area contributed by atoms with Crippen LogP contribution in [0.25, 0.3) is 0 Å². The molecule has 0 spiro atoms. The lowest BCUT2D eigenvalue weighted by Crippen LogP contribution is -2.36. The first-order chi connectivity index (χ1) is 7.55. The molecule has 1 aromatic rings. The van der Waals surface area contributed by atoms with Crippen LogP contribution in [0.3, 0.4) is 0 Å². The molecule has 1 radical (unpaired) electrons. The van der Waals surface area contributed by atoms with Gasteiger partial charge in [-0.2, -0.15) is 8.42 Å². The molecule has 0 aliphatic carbocycles. The van der Waals surface area contributed by atoms with Crippen molar-refractivity contribution in [1.82, 2.24) is 0 Å². The molecule has 0 aliphatic rings. The molecule has 1 N–H and O–H groups in total. The summed E-state index contributed by atoms with van der Waals surface area (Å²) in [6, 6.07) is 5.12. The quantitative estimate of drug-likeness (QED) is 0.662. The third kappa shape index (κ3) is 3.17. The monoisotopic (exact) mass is 271 g/mol. The van der Waals surface area contributed by atoms with Crippen LogP contribution in [0.2, 0.25) is 13.1 Å². The molecule has 0 atom stereocenters. The van der Waals surface area contributed by atoms with Gasteiger partial charge in [0.2, 0.25) is 0 Å². The van der Waals surface area contributed by atoms with Gasteiger partial charge in [-0.05, 0) is 22.2 Å². The second-order valence-corrected chi connectivity index (χ2v) is 9.29. The molecule has 0 aliphatic heterocycles. The van der Waals surface area contributed by atoms with Gasteiger partial charge >= 0.3 is 0 Å². The van der Waals surface area contributed by atoms with Crippen molar-refractivity contribution in [1.29, 1.82) is 0 Å². The van der Waals surface area contributed by atoms with Crippen molar-refractivity contribution < 1.29 is 13.0 Å². The molecule has 0 fully saturated rings. The lowest BCUT2D eigenvalue weighted by Gasteiger charge is -2.25. The van der Waals surface area contributed by atoms with E-state index in [0.29, 0.717) is 0 Å². The molecular weight excluding hydrogens is 252 g/mol. The number of rotatable bonds is 2. The van der Waals surface area contributed by atoms with E-state index in [4.69, 9.17) is 0 Å². The predicted octanol–water partition coefficient (Wildman–Crippen LogP) is 2.19. The van der Waals surface area contributed by atoms with Crippen molar-refractivity contribution in [2.75, 3.05) is 0 Å². The van der Waals surface area contributed by atoms with Gasteiger partial charge in [0.05, 0.1) is 13.7 Å². The van der Waals surface area contributed by atoms with Crippen LogP contribution in [0.1, 0.15) is 26.3 Å². The number of hydrogen-bond acceptors (Lipinski definition) is 2. The molecular formula is C12H19O3SSi. The summed E-state index contributed by atoms with van der Waals surface area (Å²) in [5, 5.41) is 0.813. The molecule has 17 heavy (non-hydrogen) atoms. The lowest BCUT2D eigenvalue weighted by atomic mass is 9.87. The molecule has 3 nitrogen and oxygen atoms in total. The number of hydrogen-bond donors (Lipinski definition) is 1. The normalized spacial score (nSPS) is 13.1. The maximum Gasteiger partial charge on any atom is 0.294 e. The highest BCUT2D eigenvalue weighted by Crippen LogP contribution is 2.23. The third-order valence-corrected chi connectivity index (χ3v) is 5.23. The van der Waals surface area contributed by atoms with Gasteiger partial charge in [-0.15, -0.1) is 0 Å². The molecule has 5 heteroatoms. The zero-order valence-corrected chi connectivity index (χ0v) is 12.7. The van der Waals surface area contributed by atoms with Gasteiger partial charge in [0.25, 0.3) is 10.1 Å². The fourth-order valence-electron chi connectivity index (χ4n) is 1.89. The van der Waals surface area contributed by atoms with Crippen LogP contribution in [0.4, 0.5) is 0 Å². The van der Waals surface area contributed by atoms with Crippen molar-refractivity contribution in [2.24, 2.45) is 0 Å². The molecule has 0 heterocycles. The van der Waals surface area contributed by atoms with E-state index in [9.17, 15) is 13.0 Å². The van der Waals surface area contributed by atoms with E-state index in [1.165, 1.54) is 6.07 Å². The Morgan fingerprint density at radius 2 is 1.71 bits per heavy atom. The van der Waals surface area contributed by atoms with Crippen molar-refractivity contribution >= 4 is 24.1 Å². The topological polar surface area (TPSA) is 54.4 Å². The van der Waals surface area contributed by atoms with E-state index in [0.717, 1.165) is 10.8 Å². The summed E-state index contributed by atoms with van der Waals surface area (Å²) < 4.78 is 32.1. The summed E-state index contributed by atoms with van der Waals surface area (Å²) in [7, 11) is -5.11. The van der Waals surface area contributed by atoms with Gasteiger partial charge in [-0.25, -0.2) is 0 Å². The van der Waals surface area contributed by atoms with Crippen LogP contribution in [-0.4, -0.2) is 21.8 Å². The summed E-state index contributed by atoms with van der Waals surface area (Å²) >= 11 is 0. The first kappa shape index (κ1) is 14.4. The van der Waals surface area contributed by atoms with Crippen LogP contribution in [0, 0.1) is 0 Å². The van der Waals surface area contributed by atoms with E-state index >= 15 is 0 Å². The molecule has 0 unspecified atom stereocenters. The number of benzene rings is 1. The van der Waals surface area contributed by atoms with Crippen LogP contribution >= 0.6 is 0 Å². The van der Waals surface area contributed by atoms with Crippen LogP contribution in [-0.2, 0) is 15.5 Å². The Labute approximate surface area is 105 Å². The largest absolute Gasteiger partial charge is 0.294 e. The minimum Gasteiger partial charge on any atom is -0.282 e. The summed E-state index contributed by atoms with van der Waals surface area (Å²) in [4.78, 5) is 0.0730. The summed E-state index contributed by atoms with van der Waals surface area (Å²) in [5.74, 6) is 0. The maximum absolute atomic E-state index is 11.4. The van der Waals surface area contributed by atoms with Crippen molar-refractivity contribution in [3.63, 3.8) is 0 Å². The molecule has 1 aromatic carbocycles. The summed E-state index contributed by atoms with van der Waals surface area (Å²) in [6.45, 7) is 10.2. The third-order valence-electron chi connectivity index (χ3n) is 2.61. The maximum atomic E-state index is 11.4. The van der Waals surface area contributed by atoms with Gasteiger partial charge < -0.3 is 0 Å². The van der Waals surface area contributed by atoms with Crippen LogP contribution in [0.5, 0.6) is 0 Å². The van der Waals surface area contributed by atoms with Crippen molar-refractivity contribution in [3.05, 3.63) is 23.8 Å². The first-order valence-corrected chi connectivity index (χ1v) is 9.40. The highest BCUT2D eigenvalue weighted by Gasteiger charge is 2.26. The smallest absolute Gasteiger partial charge is 0.282 e. The lowest BCUT2D eigenvalue weighted by molar-refractivity contribution is 0.483. The van der Waals surface area contributed by atoms with E-state index in [2.05, 4.69) is 0 Å². The van der Waals surface area contributed by atoms with Crippen molar-refractivity contribution in [2.45, 2.75) is 44.2 Å². The molecule has 0 amide bonds. The predicted molar refractivity (Wildman–Crippen MR) is 72.1 cm³/mol. The fourth-order valence-corrected chi connectivity index (χ4v) is 5.08. The summed E-state index contributed by atoms with van der Waals surface area (Å²) in [6.07, 6.45) is 0. The molecule has 1 rings (SSSR count). The standard InChI is InChI=1S/C12H19O3SSi/c1-12(2,3)9-7-6-8-10(16(13,14)15)11(9)17(4)5/h6-8H,1-5H3,(H,13,14,15). The van der Waals surface area contributed by atoms with Gasteiger partial charge in [0.1, 0.15) is 0 Å². The minimum absolute atomic E-state index is 0.0730. The fraction of sp³-hybridized carbons (Fsp3) is 0.500. The Balaban J connectivity index is 3.67. The second kappa shape index (κ2) is 4.55. The zero-order chi connectivity index (χ0) is 13.4. The molecule has 0 bridgehead atoms. The molecule has 95 valence electrons. The van der Waals surface area contributed by atoms with E-state index in [1.54, 1.807) is 6.07 Å². The summed E-state index contributed by atoms with van der Waals surface area (Å²) in [5.41, 5.74) is 0.879. The van der Waals surface area contributed by atoms with Gasteiger partial charge in [0.15, 0.2) is 0 Å². The Bertz CT molecular complexity index is 513. The zero-order valence-electron chi connectivity index (χ0n) is 10.9. The SMILES string of the molecule is C[Si](C)c1c(C(C)(C)C)cccc1S(=O)(=O)O. The molecule has 0 saturated heterocycles. The Morgan fingerprint density at radius 1 is 1.18 bits per heavy atom. The Kier molecular flexibility index (Phi) is 3.86. The molecule has 0 saturated carbocycles. The highest BCUT2D eigenvalue weighted by molar-refractivity contribution is 7.86. The average Bonchev–Trinajstić information content (AvgIpc) is 2.13. The Morgan fingerprint density at radius 3 is 2.06 bits per heavy atom. The van der Waals surface area contributed by atoms with E-state index in [1.807, 2.05) is 39.9 Å².